The van der Waals surface area contributed by atoms with Crippen molar-refractivity contribution in [3.05, 3.63) is 34.6 Å². The third-order valence-corrected chi connectivity index (χ3v) is 2.72. The van der Waals surface area contributed by atoms with E-state index in [0.29, 0.717) is 0 Å². The fourth-order valence-corrected chi connectivity index (χ4v) is 1.58. The molecule has 0 saturated heterocycles. The van der Waals surface area contributed by atoms with E-state index in [0.717, 1.165) is 12.1 Å². The Morgan fingerprint density at radius 2 is 2.17 bits per heavy atom. The maximum atomic E-state index is 12.8. The predicted octanol–water partition coefficient (Wildman–Crippen LogP) is 1.99. The van der Waals surface area contributed by atoms with Crippen LogP contribution in [-0.4, -0.2) is 30.9 Å². The molecule has 4 nitrogen and oxygen atoms in total. The highest BCUT2D eigenvalue weighted by Gasteiger charge is 2.18. The normalized spacial score (nSPS) is 11.8. The van der Waals surface area contributed by atoms with Crippen LogP contribution in [0.5, 0.6) is 0 Å². The molecule has 0 aliphatic rings. The second kappa shape index (κ2) is 6.56. The minimum atomic E-state index is -0.988. The molecule has 1 atom stereocenters. The summed E-state index contributed by atoms with van der Waals surface area (Å²) in [6.07, 6.45) is 0. The number of hydrogen-bond donors (Lipinski definition) is 1. The van der Waals surface area contributed by atoms with Crippen LogP contribution in [0.4, 0.5) is 4.39 Å². The number of halogens is 3. The van der Waals surface area contributed by atoms with Crippen LogP contribution in [0.25, 0.3) is 0 Å². The summed E-state index contributed by atoms with van der Waals surface area (Å²) in [5.74, 6) is -1.74. The number of carbonyl (C=O) groups excluding carboxylic acids is 2. The van der Waals surface area contributed by atoms with Crippen LogP contribution in [0.3, 0.4) is 0 Å². The summed E-state index contributed by atoms with van der Waals surface area (Å²) in [5, 5.41) is 1.39. The lowest BCUT2D eigenvalue weighted by Gasteiger charge is -2.09. The molecule has 1 aromatic rings. The number of carbonyl (C=O) groups is 2. The first-order valence-corrected chi connectivity index (χ1v) is 5.72. The molecular weight excluding hydrogens is 284 g/mol. The SMILES string of the molecule is COC(=O)C(Cl)CNC(=O)c1ccc(F)cc1Cl. The van der Waals surface area contributed by atoms with Crippen molar-refractivity contribution in [3.63, 3.8) is 0 Å². The Morgan fingerprint density at radius 1 is 1.50 bits per heavy atom. The lowest BCUT2D eigenvalue weighted by atomic mass is 10.2. The summed E-state index contributed by atoms with van der Waals surface area (Å²) in [4.78, 5) is 22.7. The standard InChI is InChI=1S/C11H10Cl2FNO3/c1-18-11(17)9(13)5-15-10(16)7-3-2-6(14)4-8(7)12/h2-4,9H,5H2,1H3,(H,15,16). The number of ether oxygens (including phenoxy) is 1. The molecule has 7 heteroatoms. The molecule has 0 saturated carbocycles. The first kappa shape index (κ1) is 14.7. The smallest absolute Gasteiger partial charge is 0.325 e. The molecule has 0 aromatic heterocycles. The maximum absolute atomic E-state index is 12.8. The Labute approximate surface area is 113 Å². The second-order valence-corrected chi connectivity index (χ2v) is 4.26. The summed E-state index contributed by atoms with van der Waals surface area (Å²) in [7, 11) is 1.19. The number of amides is 1. The predicted molar refractivity (Wildman–Crippen MR) is 65.4 cm³/mol. The summed E-state index contributed by atoms with van der Waals surface area (Å²) in [5.41, 5.74) is 0.104. The molecule has 0 aliphatic carbocycles. The number of benzene rings is 1. The van der Waals surface area contributed by atoms with E-state index in [-0.39, 0.29) is 17.1 Å². The van der Waals surface area contributed by atoms with Crippen molar-refractivity contribution in [2.24, 2.45) is 0 Å². The van der Waals surface area contributed by atoms with E-state index < -0.39 is 23.1 Å². The molecule has 18 heavy (non-hydrogen) atoms. The van der Waals surface area contributed by atoms with Crippen LogP contribution in [0.2, 0.25) is 5.02 Å². The highest BCUT2D eigenvalue weighted by atomic mass is 35.5. The number of nitrogens with one attached hydrogen (secondary N) is 1. The van der Waals surface area contributed by atoms with Crippen molar-refractivity contribution in [2.45, 2.75) is 5.38 Å². The molecule has 1 amide bonds. The van der Waals surface area contributed by atoms with Gasteiger partial charge in [-0.2, -0.15) is 0 Å². The van der Waals surface area contributed by atoms with Crippen molar-refractivity contribution in [2.75, 3.05) is 13.7 Å². The maximum Gasteiger partial charge on any atom is 0.325 e. The minimum Gasteiger partial charge on any atom is -0.468 e. The molecule has 1 N–H and O–H groups in total. The Kier molecular flexibility index (Phi) is 5.37. The van der Waals surface area contributed by atoms with Crippen molar-refractivity contribution >= 4 is 35.1 Å². The van der Waals surface area contributed by atoms with E-state index in [1.54, 1.807) is 0 Å². The van der Waals surface area contributed by atoms with Gasteiger partial charge in [0.1, 0.15) is 11.2 Å². The van der Waals surface area contributed by atoms with Gasteiger partial charge in [-0.15, -0.1) is 11.6 Å². The minimum absolute atomic E-state index is 0.0170. The van der Waals surface area contributed by atoms with Crippen LogP contribution in [-0.2, 0) is 9.53 Å². The van der Waals surface area contributed by atoms with Gasteiger partial charge >= 0.3 is 5.97 Å². The first-order valence-electron chi connectivity index (χ1n) is 4.91. The molecule has 0 spiro atoms. The molecule has 1 aromatic carbocycles. The van der Waals surface area contributed by atoms with Gasteiger partial charge in [0.05, 0.1) is 17.7 Å². The zero-order valence-electron chi connectivity index (χ0n) is 9.38. The number of alkyl halides is 1. The Hall–Kier alpha value is -1.33. The Bertz CT molecular complexity index is 468. The van der Waals surface area contributed by atoms with Gasteiger partial charge in [0.2, 0.25) is 0 Å². The number of hydrogen-bond acceptors (Lipinski definition) is 3. The molecular formula is C11H10Cl2FNO3. The van der Waals surface area contributed by atoms with E-state index >= 15 is 0 Å². The third-order valence-electron chi connectivity index (χ3n) is 2.07. The zero-order valence-corrected chi connectivity index (χ0v) is 10.9. The van der Waals surface area contributed by atoms with Crippen molar-refractivity contribution < 1.29 is 18.7 Å². The molecule has 1 unspecified atom stereocenters. The second-order valence-electron chi connectivity index (χ2n) is 3.32. The highest BCUT2D eigenvalue weighted by molar-refractivity contribution is 6.34. The number of rotatable bonds is 4. The van der Waals surface area contributed by atoms with E-state index in [9.17, 15) is 14.0 Å². The molecule has 0 fully saturated rings. The number of methoxy groups -OCH3 is 1. The van der Waals surface area contributed by atoms with Crippen LogP contribution >= 0.6 is 23.2 Å². The van der Waals surface area contributed by atoms with Gasteiger partial charge < -0.3 is 10.1 Å². The Morgan fingerprint density at radius 3 is 2.72 bits per heavy atom. The van der Waals surface area contributed by atoms with Gasteiger partial charge in [-0.3, -0.25) is 9.59 Å². The average Bonchev–Trinajstić information content (AvgIpc) is 2.34. The molecule has 98 valence electrons. The fourth-order valence-electron chi connectivity index (χ4n) is 1.16. The Balaban J connectivity index is 2.63. The summed E-state index contributed by atoms with van der Waals surface area (Å²) >= 11 is 11.3. The highest BCUT2D eigenvalue weighted by Crippen LogP contribution is 2.17. The molecule has 0 heterocycles. The van der Waals surface area contributed by atoms with Gasteiger partial charge in [-0.25, -0.2) is 4.39 Å². The van der Waals surface area contributed by atoms with Gasteiger partial charge in [0, 0.05) is 6.54 Å². The molecule has 0 aliphatic heterocycles. The van der Waals surface area contributed by atoms with Gasteiger partial charge in [-0.05, 0) is 18.2 Å². The van der Waals surface area contributed by atoms with Crippen molar-refractivity contribution in [3.8, 4) is 0 Å². The van der Waals surface area contributed by atoms with Gasteiger partial charge in [-0.1, -0.05) is 11.6 Å². The van der Waals surface area contributed by atoms with Gasteiger partial charge in [0.25, 0.3) is 5.91 Å². The third kappa shape index (κ3) is 3.85. The van der Waals surface area contributed by atoms with Gasteiger partial charge in [0.15, 0.2) is 0 Å². The first-order chi connectivity index (χ1) is 8.45. The van der Waals surface area contributed by atoms with Crippen molar-refractivity contribution in [1.82, 2.24) is 5.32 Å². The fraction of sp³-hybridized carbons (Fsp3) is 0.273. The quantitative estimate of drug-likeness (QED) is 0.682. The lowest BCUT2D eigenvalue weighted by molar-refractivity contribution is -0.140. The van der Waals surface area contributed by atoms with Crippen LogP contribution in [0, 0.1) is 5.82 Å². The summed E-state index contributed by atoms with van der Waals surface area (Å²) in [6.45, 7) is -0.110. The number of esters is 1. The average molecular weight is 294 g/mol. The summed E-state index contributed by atoms with van der Waals surface area (Å²) in [6, 6.07) is 3.38. The molecule has 1 rings (SSSR count). The monoisotopic (exact) mass is 293 g/mol. The van der Waals surface area contributed by atoms with Crippen LogP contribution in [0.15, 0.2) is 18.2 Å². The largest absolute Gasteiger partial charge is 0.468 e. The zero-order chi connectivity index (χ0) is 13.7. The van der Waals surface area contributed by atoms with E-state index in [2.05, 4.69) is 10.1 Å². The van der Waals surface area contributed by atoms with E-state index in [1.165, 1.54) is 13.2 Å². The topological polar surface area (TPSA) is 55.4 Å². The molecule has 0 bridgehead atoms. The van der Waals surface area contributed by atoms with E-state index in [4.69, 9.17) is 23.2 Å². The lowest BCUT2D eigenvalue weighted by Crippen LogP contribution is -2.34. The van der Waals surface area contributed by atoms with E-state index in [1.807, 2.05) is 0 Å². The molecule has 0 radical (unpaired) electrons. The van der Waals surface area contributed by atoms with Crippen LogP contribution in [0.1, 0.15) is 10.4 Å². The van der Waals surface area contributed by atoms with Crippen LogP contribution < -0.4 is 5.32 Å². The summed E-state index contributed by atoms with van der Waals surface area (Å²) < 4.78 is 17.2. The van der Waals surface area contributed by atoms with Crippen molar-refractivity contribution in [1.29, 1.82) is 0 Å².